The number of amides is 1. The van der Waals surface area contributed by atoms with Crippen LogP contribution in [0.2, 0.25) is 0 Å². The van der Waals surface area contributed by atoms with E-state index >= 15 is 0 Å². The molecule has 3 aromatic rings. The number of aliphatic hydroxyl groups excluding tert-OH is 1. The molecule has 2 heterocycles. The number of aliphatic hydroxyl groups is 1. The number of methoxy groups -OCH3 is 1. The van der Waals surface area contributed by atoms with E-state index in [0.717, 1.165) is 16.7 Å². The Kier molecular flexibility index (Phi) is 6.15. The zero-order valence-corrected chi connectivity index (χ0v) is 21.3. The molecular formula is C30H29NO6. The van der Waals surface area contributed by atoms with E-state index < -0.39 is 17.7 Å². The van der Waals surface area contributed by atoms with Crippen molar-refractivity contribution in [2.75, 3.05) is 13.9 Å². The van der Waals surface area contributed by atoms with Gasteiger partial charge in [-0.1, -0.05) is 57.2 Å². The second kappa shape index (κ2) is 9.32. The highest BCUT2D eigenvalue weighted by atomic mass is 16.7. The molecule has 1 atom stereocenters. The van der Waals surface area contributed by atoms with Crippen molar-refractivity contribution in [3.8, 4) is 17.2 Å². The SMILES string of the molecule is COc1cccc(CN2C(=O)C(=O)/C(=C(\O)c3ccc4c(c3)OCO4)C2c2ccc(C(C)(C)C)cc2)c1. The van der Waals surface area contributed by atoms with Gasteiger partial charge in [-0.25, -0.2) is 0 Å². The molecule has 3 aromatic carbocycles. The lowest BCUT2D eigenvalue weighted by atomic mass is 9.85. The topological polar surface area (TPSA) is 85.3 Å². The van der Waals surface area contributed by atoms with Crippen LogP contribution < -0.4 is 14.2 Å². The van der Waals surface area contributed by atoms with Crippen molar-refractivity contribution in [3.05, 3.63) is 94.6 Å². The average molecular weight is 500 g/mol. The minimum atomic E-state index is -0.773. The summed E-state index contributed by atoms with van der Waals surface area (Å²) in [6.07, 6.45) is 0. The molecule has 1 amide bonds. The number of benzene rings is 3. The Morgan fingerprint density at radius 2 is 1.73 bits per heavy atom. The Morgan fingerprint density at radius 3 is 2.43 bits per heavy atom. The third-order valence-electron chi connectivity index (χ3n) is 6.77. The van der Waals surface area contributed by atoms with Crippen molar-refractivity contribution in [2.45, 2.75) is 38.8 Å². The number of carbonyl (C=O) groups excluding carboxylic acids is 2. The maximum absolute atomic E-state index is 13.4. The van der Waals surface area contributed by atoms with Gasteiger partial charge in [0.05, 0.1) is 18.7 Å². The molecule has 7 nitrogen and oxygen atoms in total. The Bertz CT molecular complexity index is 1400. The highest BCUT2D eigenvalue weighted by Gasteiger charge is 2.46. The predicted molar refractivity (Wildman–Crippen MR) is 139 cm³/mol. The quantitative estimate of drug-likeness (QED) is 0.290. The predicted octanol–water partition coefficient (Wildman–Crippen LogP) is 5.34. The molecular weight excluding hydrogens is 470 g/mol. The first-order chi connectivity index (χ1) is 17.7. The van der Waals surface area contributed by atoms with Gasteiger partial charge in [0.2, 0.25) is 6.79 Å². The molecule has 1 saturated heterocycles. The highest BCUT2D eigenvalue weighted by molar-refractivity contribution is 6.46. The summed E-state index contributed by atoms with van der Waals surface area (Å²) in [5, 5.41) is 11.4. The van der Waals surface area contributed by atoms with Crippen molar-refractivity contribution in [1.29, 1.82) is 0 Å². The van der Waals surface area contributed by atoms with Crippen LogP contribution in [0.25, 0.3) is 5.76 Å². The van der Waals surface area contributed by atoms with Crippen LogP contribution in [0.4, 0.5) is 0 Å². The first kappa shape index (κ1) is 24.4. The van der Waals surface area contributed by atoms with Crippen molar-refractivity contribution in [2.24, 2.45) is 0 Å². The molecule has 37 heavy (non-hydrogen) atoms. The number of Topliss-reactive ketones (excluding diaryl/α,β-unsaturated/α-hetero) is 1. The van der Waals surface area contributed by atoms with E-state index in [2.05, 4.69) is 20.8 Å². The average Bonchev–Trinajstić information content (AvgIpc) is 3.46. The van der Waals surface area contributed by atoms with E-state index in [0.29, 0.717) is 22.8 Å². The second-order valence-electron chi connectivity index (χ2n) is 10.2. The Balaban J connectivity index is 1.62. The Labute approximate surface area is 215 Å². The van der Waals surface area contributed by atoms with Crippen LogP contribution in [0.1, 0.15) is 49.1 Å². The minimum Gasteiger partial charge on any atom is -0.507 e. The molecule has 1 fully saturated rings. The molecule has 0 spiro atoms. The van der Waals surface area contributed by atoms with Gasteiger partial charge in [-0.3, -0.25) is 9.59 Å². The molecule has 0 saturated carbocycles. The lowest BCUT2D eigenvalue weighted by molar-refractivity contribution is -0.140. The molecule has 2 aliphatic rings. The maximum Gasteiger partial charge on any atom is 0.295 e. The summed E-state index contributed by atoms with van der Waals surface area (Å²) in [6.45, 7) is 6.62. The number of fused-ring (bicyclic) bond motifs is 1. The number of hydrogen-bond acceptors (Lipinski definition) is 6. The van der Waals surface area contributed by atoms with Crippen LogP contribution in [0.3, 0.4) is 0 Å². The van der Waals surface area contributed by atoms with Gasteiger partial charge in [-0.05, 0) is 52.4 Å². The van der Waals surface area contributed by atoms with Crippen LogP contribution in [-0.4, -0.2) is 35.6 Å². The van der Waals surface area contributed by atoms with Crippen molar-refractivity contribution < 1.29 is 28.9 Å². The molecule has 1 unspecified atom stereocenters. The fourth-order valence-electron chi connectivity index (χ4n) is 4.72. The monoisotopic (exact) mass is 499 g/mol. The zero-order valence-electron chi connectivity index (χ0n) is 21.3. The van der Waals surface area contributed by atoms with Gasteiger partial charge in [-0.2, -0.15) is 0 Å². The lowest BCUT2D eigenvalue weighted by Crippen LogP contribution is -2.29. The summed E-state index contributed by atoms with van der Waals surface area (Å²) in [6, 6.07) is 19.4. The number of ketones is 1. The number of rotatable bonds is 5. The lowest BCUT2D eigenvalue weighted by Gasteiger charge is -2.27. The van der Waals surface area contributed by atoms with Crippen LogP contribution in [0.15, 0.2) is 72.3 Å². The van der Waals surface area contributed by atoms with E-state index in [1.54, 1.807) is 25.3 Å². The van der Waals surface area contributed by atoms with Crippen molar-refractivity contribution in [1.82, 2.24) is 4.90 Å². The number of hydrogen-bond donors (Lipinski definition) is 1. The molecule has 1 N–H and O–H groups in total. The minimum absolute atomic E-state index is 0.0373. The summed E-state index contributed by atoms with van der Waals surface area (Å²) in [5.74, 6) is 0.0262. The molecule has 2 aliphatic heterocycles. The first-order valence-corrected chi connectivity index (χ1v) is 12.1. The van der Waals surface area contributed by atoms with Crippen molar-refractivity contribution in [3.63, 3.8) is 0 Å². The normalized spacial score (nSPS) is 18.4. The standard InChI is InChI=1S/C30H29NO6/c1-30(2,3)21-11-8-19(9-12-21)26-25(27(32)20-10-13-23-24(15-20)37-17-36-23)28(33)29(34)31(26)16-18-6-5-7-22(14-18)35-4/h5-15,26,32H,16-17H2,1-4H3/b27-25-. The molecule has 0 aliphatic carbocycles. The number of likely N-dealkylation sites (tertiary alicyclic amines) is 1. The maximum atomic E-state index is 13.4. The summed E-state index contributed by atoms with van der Waals surface area (Å²) in [7, 11) is 1.58. The van der Waals surface area contributed by atoms with Gasteiger partial charge in [0.1, 0.15) is 11.5 Å². The van der Waals surface area contributed by atoms with Crippen LogP contribution in [0.5, 0.6) is 17.2 Å². The van der Waals surface area contributed by atoms with Crippen LogP contribution in [0, 0.1) is 0 Å². The van der Waals surface area contributed by atoms with Crippen molar-refractivity contribution >= 4 is 17.4 Å². The van der Waals surface area contributed by atoms with Gasteiger partial charge < -0.3 is 24.2 Å². The molecule has 190 valence electrons. The fourth-order valence-corrected chi connectivity index (χ4v) is 4.72. The van der Waals surface area contributed by atoms with Gasteiger partial charge in [0.25, 0.3) is 11.7 Å². The number of ether oxygens (including phenoxy) is 3. The summed E-state index contributed by atoms with van der Waals surface area (Å²) < 4.78 is 16.2. The summed E-state index contributed by atoms with van der Waals surface area (Å²) in [5.41, 5.74) is 3.01. The third kappa shape index (κ3) is 4.53. The smallest absolute Gasteiger partial charge is 0.295 e. The molecule has 0 radical (unpaired) electrons. The zero-order chi connectivity index (χ0) is 26.3. The largest absolute Gasteiger partial charge is 0.507 e. The van der Waals surface area contributed by atoms with E-state index in [1.807, 2.05) is 48.5 Å². The first-order valence-electron chi connectivity index (χ1n) is 12.1. The molecule has 7 heteroatoms. The van der Waals surface area contributed by atoms with Gasteiger partial charge in [0.15, 0.2) is 11.5 Å². The molecule has 5 rings (SSSR count). The van der Waals surface area contributed by atoms with Crippen LogP contribution in [-0.2, 0) is 21.5 Å². The Morgan fingerprint density at radius 1 is 1.00 bits per heavy atom. The van der Waals surface area contributed by atoms with Gasteiger partial charge in [0, 0.05) is 12.1 Å². The third-order valence-corrected chi connectivity index (χ3v) is 6.77. The molecule has 0 bridgehead atoms. The second-order valence-corrected chi connectivity index (χ2v) is 10.2. The van der Waals surface area contributed by atoms with E-state index in [4.69, 9.17) is 14.2 Å². The van der Waals surface area contributed by atoms with E-state index in [1.165, 1.54) is 4.90 Å². The highest BCUT2D eigenvalue weighted by Crippen LogP contribution is 2.42. The van der Waals surface area contributed by atoms with Gasteiger partial charge >= 0.3 is 0 Å². The molecule has 0 aromatic heterocycles. The number of carbonyl (C=O) groups is 2. The van der Waals surface area contributed by atoms with Crippen LogP contribution >= 0.6 is 0 Å². The van der Waals surface area contributed by atoms with Gasteiger partial charge in [-0.15, -0.1) is 0 Å². The summed E-state index contributed by atoms with van der Waals surface area (Å²) >= 11 is 0. The number of nitrogens with zero attached hydrogens (tertiary/aromatic N) is 1. The van der Waals surface area contributed by atoms with E-state index in [-0.39, 0.29) is 30.1 Å². The fraction of sp³-hybridized carbons (Fsp3) is 0.267. The Hall–Kier alpha value is -4.26. The van der Waals surface area contributed by atoms with E-state index in [9.17, 15) is 14.7 Å². The summed E-state index contributed by atoms with van der Waals surface area (Å²) in [4.78, 5) is 28.3.